The van der Waals surface area contributed by atoms with E-state index < -0.39 is 0 Å². The van der Waals surface area contributed by atoms with E-state index >= 15 is 0 Å². The zero-order chi connectivity index (χ0) is 7.56. The van der Waals surface area contributed by atoms with Crippen LogP contribution >= 0.6 is 12.4 Å². The number of epoxide rings is 1. The Kier molecular flexibility index (Phi) is 6.98. The lowest BCUT2D eigenvalue weighted by atomic mass is 10.4. The highest BCUT2D eigenvalue weighted by Crippen LogP contribution is 2.09. The maximum absolute atomic E-state index is 10.7. The number of hydrogen-bond acceptors (Lipinski definition) is 4. The average Bonchev–Trinajstić information content (AvgIpc) is 2.64. The third kappa shape index (κ3) is 5.12. The van der Waals surface area contributed by atoms with Gasteiger partial charge in [0.25, 0.3) is 0 Å². The van der Waals surface area contributed by atoms with Crippen molar-refractivity contribution in [1.82, 2.24) is 6.15 Å². The molecule has 0 aromatic rings. The highest BCUT2D eigenvalue weighted by atomic mass is 35.5. The van der Waals surface area contributed by atoms with Crippen molar-refractivity contribution in [2.45, 2.75) is 13.0 Å². The first-order chi connectivity index (χ1) is 4.70. The van der Waals surface area contributed by atoms with E-state index in [1.54, 1.807) is 6.92 Å². The van der Waals surface area contributed by atoms with Crippen molar-refractivity contribution >= 4 is 18.4 Å². The van der Waals surface area contributed by atoms with Gasteiger partial charge in [0.15, 0.2) is 0 Å². The van der Waals surface area contributed by atoms with Crippen molar-refractivity contribution in [3.8, 4) is 0 Å². The molecule has 0 bridgehead atoms. The highest BCUT2D eigenvalue weighted by Gasteiger charge is 2.24. The third-order valence-corrected chi connectivity index (χ3v) is 1.15. The largest absolute Gasteiger partial charge is 0.459 e. The molecular formula is C7H14ClNO3. The molecule has 1 rings (SSSR count). The Morgan fingerprint density at radius 3 is 2.58 bits per heavy atom. The van der Waals surface area contributed by atoms with E-state index in [1.165, 1.54) is 0 Å². The quantitative estimate of drug-likeness (QED) is 0.416. The van der Waals surface area contributed by atoms with E-state index in [2.05, 4.69) is 6.58 Å². The van der Waals surface area contributed by atoms with Crippen LogP contribution in [-0.2, 0) is 14.3 Å². The third-order valence-electron chi connectivity index (χ3n) is 1.15. The molecule has 0 radical (unpaired) electrons. The highest BCUT2D eigenvalue weighted by molar-refractivity contribution is 5.86. The minimum absolute atomic E-state index is 0. The normalized spacial score (nSPS) is 18.2. The summed E-state index contributed by atoms with van der Waals surface area (Å²) in [7, 11) is 0. The first-order valence-corrected chi connectivity index (χ1v) is 3.14. The Hall–Kier alpha value is -0.580. The monoisotopic (exact) mass is 195 g/mol. The summed E-state index contributed by atoms with van der Waals surface area (Å²) in [6, 6.07) is 0. The van der Waals surface area contributed by atoms with E-state index in [0.29, 0.717) is 18.8 Å². The lowest BCUT2D eigenvalue weighted by molar-refractivity contribution is -0.139. The second-order valence-corrected chi connectivity index (χ2v) is 2.33. The summed E-state index contributed by atoms with van der Waals surface area (Å²) in [4.78, 5) is 10.7. The van der Waals surface area contributed by atoms with Crippen LogP contribution in [0.2, 0.25) is 0 Å². The smallest absolute Gasteiger partial charge is 0.333 e. The van der Waals surface area contributed by atoms with Crippen molar-refractivity contribution in [3.05, 3.63) is 12.2 Å². The number of halogens is 1. The average molecular weight is 196 g/mol. The number of esters is 1. The number of hydrogen-bond donors (Lipinski definition) is 1. The molecule has 3 N–H and O–H groups in total. The molecule has 1 saturated heterocycles. The van der Waals surface area contributed by atoms with Crippen LogP contribution in [0.3, 0.4) is 0 Å². The van der Waals surface area contributed by atoms with Crippen LogP contribution in [0.15, 0.2) is 12.2 Å². The number of rotatable bonds is 3. The Morgan fingerprint density at radius 2 is 2.25 bits per heavy atom. The first-order valence-electron chi connectivity index (χ1n) is 3.14. The van der Waals surface area contributed by atoms with Gasteiger partial charge < -0.3 is 15.6 Å². The second kappa shape index (κ2) is 5.99. The molecule has 1 unspecified atom stereocenters. The van der Waals surface area contributed by atoms with Crippen LogP contribution in [-0.4, -0.2) is 25.3 Å². The Balaban J connectivity index is 0. The zero-order valence-corrected chi connectivity index (χ0v) is 7.86. The minimum atomic E-state index is -0.337. The second-order valence-electron chi connectivity index (χ2n) is 2.33. The molecule has 0 spiro atoms. The standard InChI is InChI=1S/C7H10O3.ClH.H3N/c1-5(2)7(8)10-4-6-3-9-6;;/h6H,1,3-4H2,2H3;1H;1H3. The molecule has 1 heterocycles. The van der Waals surface area contributed by atoms with Gasteiger partial charge in [-0.15, -0.1) is 12.4 Å². The zero-order valence-electron chi connectivity index (χ0n) is 7.04. The van der Waals surface area contributed by atoms with Crippen LogP contribution in [0.25, 0.3) is 0 Å². The van der Waals surface area contributed by atoms with Crippen molar-refractivity contribution in [3.63, 3.8) is 0 Å². The fourth-order valence-corrected chi connectivity index (χ4v) is 0.456. The molecule has 1 fully saturated rings. The molecule has 12 heavy (non-hydrogen) atoms. The SMILES string of the molecule is C=C(C)C(=O)OCC1CO1.Cl.N. The molecule has 4 nitrogen and oxygen atoms in total. The van der Waals surface area contributed by atoms with Crippen LogP contribution < -0.4 is 6.15 Å². The maximum atomic E-state index is 10.7. The van der Waals surface area contributed by atoms with E-state index in [4.69, 9.17) is 9.47 Å². The van der Waals surface area contributed by atoms with Gasteiger partial charge in [-0.2, -0.15) is 0 Å². The molecule has 0 saturated carbocycles. The Bertz CT molecular complexity index is 168. The summed E-state index contributed by atoms with van der Waals surface area (Å²) in [5, 5.41) is 0. The van der Waals surface area contributed by atoms with E-state index in [9.17, 15) is 4.79 Å². The van der Waals surface area contributed by atoms with Crippen LogP contribution in [0.5, 0.6) is 0 Å². The summed E-state index contributed by atoms with van der Waals surface area (Å²) in [6.07, 6.45) is 0.142. The van der Waals surface area contributed by atoms with E-state index in [0.717, 1.165) is 0 Å². The maximum Gasteiger partial charge on any atom is 0.333 e. The number of ether oxygens (including phenoxy) is 2. The van der Waals surface area contributed by atoms with Crippen LogP contribution in [0.4, 0.5) is 0 Å². The predicted molar refractivity (Wildman–Crippen MR) is 47.8 cm³/mol. The van der Waals surface area contributed by atoms with Gasteiger partial charge in [-0.25, -0.2) is 4.79 Å². The van der Waals surface area contributed by atoms with Gasteiger partial charge >= 0.3 is 5.97 Å². The van der Waals surface area contributed by atoms with E-state index in [1.807, 2.05) is 0 Å². The molecule has 72 valence electrons. The molecule has 1 aliphatic rings. The van der Waals surface area contributed by atoms with Crippen molar-refractivity contribution in [2.24, 2.45) is 0 Å². The topological polar surface area (TPSA) is 73.8 Å². The van der Waals surface area contributed by atoms with Crippen molar-refractivity contribution < 1.29 is 14.3 Å². The molecular weight excluding hydrogens is 182 g/mol. The Morgan fingerprint density at radius 1 is 1.75 bits per heavy atom. The minimum Gasteiger partial charge on any atom is -0.459 e. The Labute approximate surface area is 77.9 Å². The van der Waals surface area contributed by atoms with Gasteiger partial charge in [-0.05, 0) is 6.92 Å². The fourth-order valence-electron chi connectivity index (χ4n) is 0.456. The summed E-state index contributed by atoms with van der Waals surface area (Å²) in [5.74, 6) is -0.337. The van der Waals surface area contributed by atoms with Crippen LogP contribution in [0, 0.1) is 0 Å². The molecule has 0 aromatic carbocycles. The molecule has 1 atom stereocenters. The summed E-state index contributed by atoms with van der Waals surface area (Å²) >= 11 is 0. The van der Waals surface area contributed by atoms with Gasteiger partial charge in [0, 0.05) is 5.57 Å². The van der Waals surface area contributed by atoms with Gasteiger partial charge in [-0.1, -0.05) is 6.58 Å². The summed E-state index contributed by atoms with van der Waals surface area (Å²) in [5.41, 5.74) is 0.431. The number of carbonyl (C=O) groups excluding carboxylic acids is 1. The van der Waals surface area contributed by atoms with Gasteiger partial charge in [0.1, 0.15) is 12.7 Å². The van der Waals surface area contributed by atoms with Gasteiger partial charge in [0.2, 0.25) is 0 Å². The fraction of sp³-hybridized carbons (Fsp3) is 0.571. The number of carbonyl (C=O) groups is 1. The lowest BCUT2D eigenvalue weighted by Crippen LogP contribution is -2.09. The molecule has 5 heteroatoms. The molecule has 0 aromatic heterocycles. The first kappa shape index (κ1) is 14.0. The van der Waals surface area contributed by atoms with Gasteiger partial charge in [0.05, 0.1) is 6.61 Å². The molecule has 0 aliphatic carbocycles. The van der Waals surface area contributed by atoms with E-state index in [-0.39, 0.29) is 30.6 Å². The van der Waals surface area contributed by atoms with Gasteiger partial charge in [-0.3, -0.25) is 0 Å². The molecule has 0 amide bonds. The van der Waals surface area contributed by atoms with Crippen LogP contribution in [0.1, 0.15) is 6.92 Å². The summed E-state index contributed by atoms with van der Waals surface area (Å²) < 4.78 is 9.60. The van der Waals surface area contributed by atoms with Crippen molar-refractivity contribution in [2.75, 3.05) is 13.2 Å². The molecule has 1 aliphatic heterocycles. The summed E-state index contributed by atoms with van der Waals surface area (Å²) in [6.45, 7) is 6.14. The van der Waals surface area contributed by atoms with Crippen molar-refractivity contribution in [1.29, 1.82) is 0 Å². The lowest BCUT2D eigenvalue weighted by Gasteiger charge is -1.99. The predicted octanol–water partition coefficient (Wildman–Crippen LogP) is 1.09.